The standard InChI is InChI=1S/C23H24ClN3OS/c1-2-16-10-12-17(13-11-16)15-20-22(28)27(18-7-4-3-5-8-18)23(29-20)26-19-9-6-14-25-21(19)24/h6,9-15,18H,2-5,7-8H2,1H3/b20-15-,26-23?. The van der Waals surface area contributed by atoms with Crippen LogP contribution in [0.2, 0.25) is 5.15 Å². The lowest BCUT2D eigenvalue weighted by Gasteiger charge is -2.30. The molecule has 4 rings (SSSR count). The van der Waals surface area contributed by atoms with Crippen LogP contribution in [0, 0.1) is 0 Å². The molecule has 2 aromatic rings. The van der Waals surface area contributed by atoms with Crippen LogP contribution in [0.25, 0.3) is 6.08 Å². The minimum absolute atomic E-state index is 0.0419. The SMILES string of the molecule is CCc1ccc(/C=C2\SC(=Nc3cccnc3Cl)N(C3CCCCC3)C2=O)cc1. The summed E-state index contributed by atoms with van der Waals surface area (Å²) >= 11 is 7.65. The number of benzene rings is 1. The van der Waals surface area contributed by atoms with Crippen molar-refractivity contribution in [2.75, 3.05) is 0 Å². The monoisotopic (exact) mass is 425 g/mol. The van der Waals surface area contributed by atoms with Crippen molar-refractivity contribution >= 4 is 46.2 Å². The topological polar surface area (TPSA) is 45.6 Å². The van der Waals surface area contributed by atoms with Gasteiger partial charge in [0, 0.05) is 12.2 Å². The second kappa shape index (κ2) is 9.14. The number of rotatable bonds is 4. The summed E-state index contributed by atoms with van der Waals surface area (Å²) in [6.45, 7) is 2.14. The van der Waals surface area contributed by atoms with E-state index in [9.17, 15) is 4.79 Å². The molecule has 1 aliphatic heterocycles. The van der Waals surface area contributed by atoms with Crippen LogP contribution in [0.4, 0.5) is 5.69 Å². The summed E-state index contributed by atoms with van der Waals surface area (Å²) in [4.78, 5) is 24.8. The van der Waals surface area contributed by atoms with E-state index in [1.54, 1.807) is 6.20 Å². The Kier molecular flexibility index (Phi) is 6.36. The molecule has 0 atom stereocenters. The molecule has 150 valence electrons. The molecule has 1 amide bonds. The number of carbonyl (C=O) groups excluding carboxylic acids is 1. The summed E-state index contributed by atoms with van der Waals surface area (Å²) in [5.74, 6) is 0.0419. The summed E-state index contributed by atoms with van der Waals surface area (Å²) in [6.07, 6.45) is 10.2. The van der Waals surface area contributed by atoms with E-state index in [0.29, 0.717) is 20.9 Å². The van der Waals surface area contributed by atoms with Gasteiger partial charge in [0.25, 0.3) is 5.91 Å². The molecule has 0 N–H and O–H groups in total. The van der Waals surface area contributed by atoms with Crippen LogP contribution in [-0.2, 0) is 11.2 Å². The van der Waals surface area contributed by atoms with Gasteiger partial charge in [-0.1, -0.05) is 62.1 Å². The number of amidine groups is 1. The Morgan fingerprint density at radius 2 is 1.97 bits per heavy atom. The Hall–Kier alpha value is -2.11. The van der Waals surface area contributed by atoms with Crippen LogP contribution in [0.15, 0.2) is 52.5 Å². The van der Waals surface area contributed by atoms with Gasteiger partial charge in [-0.3, -0.25) is 9.69 Å². The van der Waals surface area contributed by atoms with Gasteiger partial charge in [-0.05, 0) is 60.4 Å². The highest BCUT2D eigenvalue weighted by Gasteiger charge is 2.38. The van der Waals surface area contributed by atoms with E-state index in [4.69, 9.17) is 16.6 Å². The average Bonchev–Trinajstić information content (AvgIpc) is 3.05. The van der Waals surface area contributed by atoms with Gasteiger partial charge >= 0.3 is 0 Å². The van der Waals surface area contributed by atoms with Gasteiger partial charge in [0.2, 0.25) is 0 Å². The fourth-order valence-electron chi connectivity index (χ4n) is 3.79. The molecule has 4 nitrogen and oxygen atoms in total. The Morgan fingerprint density at radius 1 is 1.21 bits per heavy atom. The van der Waals surface area contributed by atoms with Crippen molar-refractivity contribution in [2.45, 2.75) is 51.5 Å². The number of aryl methyl sites for hydroxylation is 1. The largest absolute Gasteiger partial charge is 0.283 e. The first-order chi connectivity index (χ1) is 14.2. The maximum absolute atomic E-state index is 13.3. The first-order valence-corrected chi connectivity index (χ1v) is 11.4. The van der Waals surface area contributed by atoms with E-state index < -0.39 is 0 Å². The van der Waals surface area contributed by atoms with Crippen LogP contribution in [0.3, 0.4) is 0 Å². The Labute approximate surface area is 181 Å². The van der Waals surface area contributed by atoms with Gasteiger partial charge in [-0.15, -0.1) is 0 Å². The lowest BCUT2D eigenvalue weighted by Crippen LogP contribution is -2.40. The van der Waals surface area contributed by atoms with E-state index in [1.807, 2.05) is 23.1 Å². The highest BCUT2D eigenvalue weighted by Crippen LogP contribution is 2.39. The number of nitrogens with zero attached hydrogens (tertiary/aromatic N) is 3. The molecule has 0 spiro atoms. The van der Waals surface area contributed by atoms with Crippen LogP contribution in [0.1, 0.15) is 50.2 Å². The van der Waals surface area contributed by atoms with E-state index in [2.05, 4.69) is 36.2 Å². The average molecular weight is 426 g/mol. The van der Waals surface area contributed by atoms with Crippen LogP contribution < -0.4 is 0 Å². The lowest BCUT2D eigenvalue weighted by atomic mass is 9.94. The van der Waals surface area contributed by atoms with Crippen LogP contribution in [0.5, 0.6) is 0 Å². The van der Waals surface area contributed by atoms with Crippen LogP contribution >= 0.6 is 23.4 Å². The second-order valence-electron chi connectivity index (χ2n) is 7.38. The number of hydrogen-bond donors (Lipinski definition) is 0. The number of thioether (sulfide) groups is 1. The number of pyridine rings is 1. The molecule has 2 fully saturated rings. The maximum atomic E-state index is 13.3. The molecule has 2 heterocycles. The second-order valence-corrected chi connectivity index (χ2v) is 8.75. The molecule has 0 unspecified atom stereocenters. The predicted molar refractivity (Wildman–Crippen MR) is 121 cm³/mol. The van der Waals surface area contributed by atoms with E-state index in [-0.39, 0.29) is 11.9 Å². The highest BCUT2D eigenvalue weighted by molar-refractivity contribution is 8.18. The zero-order valence-electron chi connectivity index (χ0n) is 16.5. The third-order valence-electron chi connectivity index (χ3n) is 5.42. The van der Waals surface area contributed by atoms with Crippen molar-refractivity contribution in [1.82, 2.24) is 9.88 Å². The minimum atomic E-state index is 0.0419. The molecule has 2 aliphatic rings. The summed E-state index contributed by atoms with van der Waals surface area (Å²) < 4.78 is 0. The van der Waals surface area contributed by atoms with Crippen LogP contribution in [-0.4, -0.2) is 27.0 Å². The quantitative estimate of drug-likeness (QED) is 0.430. The predicted octanol–water partition coefficient (Wildman–Crippen LogP) is 6.23. The van der Waals surface area contributed by atoms with Gasteiger partial charge in [0.1, 0.15) is 5.69 Å². The van der Waals surface area contributed by atoms with Crippen molar-refractivity contribution < 1.29 is 4.79 Å². The first kappa shape index (κ1) is 20.2. The molecule has 1 aromatic carbocycles. The first-order valence-electron chi connectivity index (χ1n) is 10.2. The van der Waals surface area contributed by atoms with E-state index >= 15 is 0 Å². The molecule has 0 radical (unpaired) electrons. The highest BCUT2D eigenvalue weighted by atomic mass is 35.5. The summed E-state index contributed by atoms with van der Waals surface area (Å²) in [6, 6.07) is 12.2. The molecule has 6 heteroatoms. The van der Waals surface area contributed by atoms with Crippen molar-refractivity contribution in [1.29, 1.82) is 0 Å². The van der Waals surface area contributed by atoms with Gasteiger partial charge in [-0.25, -0.2) is 9.98 Å². The van der Waals surface area contributed by atoms with Gasteiger partial charge in [0.05, 0.1) is 4.91 Å². The number of halogens is 1. The van der Waals surface area contributed by atoms with Gasteiger partial charge in [-0.2, -0.15) is 0 Å². The molecule has 1 aliphatic carbocycles. The molecule has 1 aromatic heterocycles. The Balaban J connectivity index is 1.69. The number of carbonyl (C=O) groups is 1. The number of aliphatic imine (C=N–C) groups is 1. The number of amides is 1. The van der Waals surface area contributed by atoms with Crippen molar-refractivity contribution in [3.63, 3.8) is 0 Å². The lowest BCUT2D eigenvalue weighted by molar-refractivity contribution is -0.124. The molecule has 1 saturated carbocycles. The van der Waals surface area contributed by atoms with E-state index in [1.165, 1.54) is 23.7 Å². The summed E-state index contributed by atoms with van der Waals surface area (Å²) in [5, 5.41) is 1.05. The zero-order valence-corrected chi connectivity index (χ0v) is 18.0. The van der Waals surface area contributed by atoms with Crippen molar-refractivity contribution in [3.05, 3.63) is 63.8 Å². The van der Waals surface area contributed by atoms with Gasteiger partial charge in [0.15, 0.2) is 10.3 Å². The smallest absolute Gasteiger partial charge is 0.267 e. The molecular weight excluding hydrogens is 402 g/mol. The third kappa shape index (κ3) is 4.57. The number of aromatic nitrogens is 1. The van der Waals surface area contributed by atoms with Gasteiger partial charge < -0.3 is 0 Å². The Bertz CT molecular complexity index is 949. The summed E-state index contributed by atoms with van der Waals surface area (Å²) in [5.41, 5.74) is 2.91. The fourth-order valence-corrected chi connectivity index (χ4v) is 5.00. The fraction of sp³-hybridized carbons (Fsp3) is 0.348. The van der Waals surface area contributed by atoms with Crippen molar-refractivity contribution in [2.24, 2.45) is 4.99 Å². The van der Waals surface area contributed by atoms with E-state index in [0.717, 1.165) is 37.7 Å². The molecule has 1 saturated heterocycles. The number of hydrogen-bond acceptors (Lipinski definition) is 4. The molecule has 0 bridgehead atoms. The summed E-state index contributed by atoms with van der Waals surface area (Å²) in [7, 11) is 0. The maximum Gasteiger partial charge on any atom is 0.267 e. The zero-order chi connectivity index (χ0) is 20.2. The third-order valence-corrected chi connectivity index (χ3v) is 6.69. The Morgan fingerprint density at radius 3 is 2.66 bits per heavy atom. The molecular formula is C23H24ClN3OS. The molecule has 29 heavy (non-hydrogen) atoms. The normalized spacial score (nSPS) is 20.8. The minimum Gasteiger partial charge on any atom is -0.283 e. The van der Waals surface area contributed by atoms with Crippen molar-refractivity contribution in [3.8, 4) is 0 Å².